The Hall–Kier alpha value is -0.610. The molecule has 0 aliphatic heterocycles. The SMILES string of the molecule is CC(C)C[C@@H](N)C(=O)NCC(C)(O)CC(C)C. The molecule has 4 heteroatoms. The van der Waals surface area contributed by atoms with Crippen LogP contribution in [-0.4, -0.2) is 29.2 Å². The van der Waals surface area contributed by atoms with Crippen molar-refractivity contribution in [3.8, 4) is 0 Å². The van der Waals surface area contributed by atoms with E-state index in [0.717, 1.165) is 0 Å². The van der Waals surface area contributed by atoms with Crippen LogP contribution in [-0.2, 0) is 4.79 Å². The maximum atomic E-state index is 11.7. The molecule has 1 unspecified atom stereocenters. The van der Waals surface area contributed by atoms with E-state index >= 15 is 0 Å². The molecule has 102 valence electrons. The zero-order valence-electron chi connectivity index (χ0n) is 11.8. The summed E-state index contributed by atoms with van der Waals surface area (Å²) in [5, 5.41) is 12.8. The predicted molar refractivity (Wildman–Crippen MR) is 70.5 cm³/mol. The number of nitrogens with two attached hydrogens (primary N) is 1. The number of aliphatic hydroxyl groups is 1. The molecule has 0 aromatic rings. The fourth-order valence-corrected chi connectivity index (χ4v) is 1.98. The number of amides is 1. The normalized spacial score (nSPS) is 17.0. The van der Waals surface area contributed by atoms with Crippen molar-refractivity contribution in [2.75, 3.05) is 6.54 Å². The molecule has 4 nitrogen and oxygen atoms in total. The molecule has 2 atom stereocenters. The third-order valence-electron chi connectivity index (χ3n) is 2.55. The summed E-state index contributed by atoms with van der Waals surface area (Å²) in [6.45, 7) is 10.1. The van der Waals surface area contributed by atoms with Crippen molar-refractivity contribution >= 4 is 5.91 Å². The van der Waals surface area contributed by atoms with Crippen LogP contribution in [0.2, 0.25) is 0 Å². The Kier molecular flexibility index (Phi) is 6.72. The van der Waals surface area contributed by atoms with Crippen LogP contribution in [0.4, 0.5) is 0 Å². The fourth-order valence-electron chi connectivity index (χ4n) is 1.98. The third-order valence-corrected chi connectivity index (χ3v) is 2.55. The number of rotatable bonds is 7. The topological polar surface area (TPSA) is 75.4 Å². The lowest BCUT2D eigenvalue weighted by Gasteiger charge is -2.26. The molecule has 4 N–H and O–H groups in total. The minimum absolute atomic E-state index is 0.178. The first-order valence-corrected chi connectivity index (χ1v) is 6.39. The van der Waals surface area contributed by atoms with Crippen molar-refractivity contribution in [3.63, 3.8) is 0 Å². The summed E-state index contributed by atoms with van der Waals surface area (Å²) in [6.07, 6.45) is 1.32. The van der Waals surface area contributed by atoms with Crippen LogP contribution in [0.15, 0.2) is 0 Å². The van der Waals surface area contributed by atoms with Crippen LogP contribution >= 0.6 is 0 Å². The Balaban J connectivity index is 4.06. The van der Waals surface area contributed by atoms with Gasteiger partial charge in [0.05, 0.1) is 11.6 Å². The van der Waals surface area contributed by atoms with Gasteiger partial charge in [0.2, 0.25) is 5.91 Å². The van der Waals surface area contributed by atoms with Gasteiger partial charge in [-0.25, -0.2) is 0 Å². The second-order valence-corrected chi connectivity index (χ2v) is 6.05. The second-order valence-electron chi connectivity index (χ2n) is 6.05. The summed E-state index contributed by atoms with van der Waals surface area (Å²) in [5.41, 5.74) is 4.90. The highest BCUT2D eigenvalue weighted by molar-refractivity contribution is 5.81. The van der Waals surface area contributed by atoms with Gasteiger partial charge < -0.3 is 16.2 Å². The maximum absolute atomic E-state index is 11.7. The van der Waals surface area contributed by atoms with E-state index in [1.165, 1.54) is 0 Å². The van der Waals surface area contributed by atoms with Gasteiger partial charge in [-0.15, -0.1) is 0 Å². The smallest absolute Gasteiger partial charge is 0.237 e. The molecule has 0 fully saturated rings. The van der Waals surface area contributed by atoms with Crippen molar-refractivity contribution in [1.29, 1.82) is 0 Å². The first kappa shape index (κ1) is 16.4. The van der Waals surface area contributed by atoms with Crippen molar-refractivity contribution in [2.45, 2.75) is 59.1 Å². The molecule has 0 aromatic carbocycles. The van der Waals surface area contributed by atoms with Gasteiger partial charge in [0.15, 0.2) is 0 Å². The van der Waals surface area contributed by atoms with E-state index in [2.05, 4.69) is 5.32 Å². The molecule has 0 aromatic heterocycles. The number of carbonyl (C=O) groups excluding carboxylic acids is 1. The third kappa shape index (κ3) is 8.16. The second kappa shape index (κ2) is 6.97. The Morgan fingerprint density at radius 3 is 2.24 bits per heavy atom. The van der Waals surface area contributed by atoms with Gasteiger partial charge in [-0.1, -0.05) is 27.7 Å². The number of carbonyl (C=O) groups is 1. The van der Waals surface area contributed by atoms with Crippen LogP contribution < -0.4 is 11.1 Å². The Labute approximate surface area is 105 Å². The van der Waals surface area contributed by atoms with Crippen molar-refractivity contribution < 1.29 is 9.90 Å². The van der Waals surface area contributed by atoms with Crippen LogP contribution in [0.1, 0.15) is 47.5 Å². The van der Waals surface area contributed by atoms with Gasteiger partial charge in [-0.05, 0) is 31.6 Å². The highest BCUT2D eigenvalue weighted by atomic mass is 16.3. The van der Waals surface area contributed by atoms with E-state index in [0.29, 0.717) is 24.7 Å². The average molecular weight is 244 g/mol. The van der Waals surface area contributed by atoms with Crippen LogP contribution in [0.25, 0.3) is 0 Å². The zero-order chi connectivity index (χ0) is 13.6. The lowest BCUT2D eigenvalue weighted by Crippen LogP contribution is -2.47. The lowest BCUT2D eigenvalue weighted by atomic mass is 9.94. The number of hydrogen-bond donors (Lipinski definition) is 3. The largest absolute Gasteiger partial charge is 0.388 e. The van der Waals surface area contributed by atoms with Crippen LogP contribution in [0.5, 0.6) is 0 Å². The quantitative estimate of drug-likeness (QED) is 0.631. The van der Waals surface area contributed by atoms with Gasteiger partial charge in [-0.3, -0.25) is 4.79 Å². The molecule has 0 saturated heterocycles. The molecule has 1 amide bonds. The lowest BCUT2D eigenvalue weighted by molar-refractivity contribution is -0.124. The van der Waals surface area contributed by atoms with Crippen molar-refractivity contribution in [1.82, 2.24) is 5.32 Å². The molecule has 0 radical (unpaired) electrons. The van der Waals surface area contributed by atoms with Gasteiger partial charge >= 0.3 is 0 Å². The molecule has 0 saturated carbocycles. The summed E-state index contributed by atoms with van der Waals surface area (Å²) < 4.78 is 0. The average Bonchev–Trinajstić information content (AvgIpc) is 2.11. The highest BCUT2D eigenvalue weighted by Crippen LogP contribution is 2.15. The maximum Gasteiger partial charge on any atom is 0.237 e. The summed E-state index contributed by atoms with van der Waals surface area (Å²) in [7, 11) is 0. The number of nitrogens with one attached hydrogen (secondary N) is 1. The van der Waals surface area contributed by atoms with Crippen molar-refractivity contribution in [2.24, 2.45) is 17.6 Å². The molecular weight excluding hydrogens is 216 g/mol. The first-order chi connectivity index (χ1) is 7.64. The number of hydrogen-bond acceptors (Lipinski definition) is 3. The first-order valence-electron chi connectivity index (χ1n) is 6.39. The van der Waals surface area contributed by atoms with E-state index in [-0.39, 0.29) is 12.5 Å². The fraction of sp³-hybridized carbons (Fsp3) is 0.923. The minimum atomic E-state index is -0.860. The van der Waals surface area contributed by atoms with Gasteiger partial charge in [0.25, 0.3) is 0 Å². The molecule has 0 spiro atoms. The molecule has 0 aliphatic rings. The van der Waals surface area contributed by atoms with Crippen LogP contribution in [0, 0.1) is 11.8 Å². The predicted octanol–water partition coefficient (Wildman–Crippen LogP) is 1.27. The Bertz CT molecular complexity index is 238. The molecular formula is C13H28N2O2. The van der Waals surface area contributed by atoms with Gasteiger partial charge in [-0.2, -0.15) is 0 Å². The Morgan fingerprint density at radius 2 is 1.82 bits per heavy atom. The molecule has 0 heterocycles. The van der Waals surface area contributed by atoms with Crippen LogP contribution in [0.3, 0.4) is 0 Å². The van der Waals surface area contributed by atoms with E-state index in [1.807, 2.05) is 27.7 Å². The molecule has 0 aliphatic carbocycles. The van der Waals surface area contributed by atoms with Gasteiger partial charge in [0.1, 0.15) is 0 Å². The van der Waals surface area contributed by atoms with E-state index in [1.54, 1.807) is 6.92 Å². The van der Waals surface area contributed by atoms with E-state index in [4.69, 9.17) is 5.73 Å². The summed E-state index contributed by atoms with van der Waals surface area (Å²) in [5.74, 6) is 0.612. The monoisotopic (exact) mass is 244 g/mol. The van der Waals surface area contributed by atoms with E-state index < -0.39 is 11.6 Å². The molecule has 0 bridgehead atoms. The zero-order valence-corrected chi connectivity index (χ0v) is 11.8. The summed E-state index contributed by atoms with van der Waals surface area (Å²) in [6, 6.07) is -0.482. The summed E-state index contributed by atoms with van der Waals surface area (Å²) in [4.78, 5) is 11.7. The van der Waals surface area contributed by atoms with E-state index in [9.17, 15) is 9.90 Å². The highest BCUT2D eigenvalue weighted by Gasteiger charge is 2.24. The molecule has 17 heavy (non-hydrogen) atoms. The summed E-state index contributed by atoms with van der Waals surface area (Å²) >= 11 is 0. The van der Waals surface area contributed by atoms with Gasteiger partial charge in [0, 0.05) is 6.54 Å². The Morgan fingerprint density at radius 1 is 1.29 bits per heavy atom. The minimum Gasteiger partial charge on any atom is -0.388 e. The van der Waals surface area contributed by atoms with Crippen molar-refractivity contribution in [3.05, 3.63) is 0 Å². The molecule has 0 rings (SSSR count). The standard InChI is InChI=1S/C13H28N2O2/c1-9(2)6-11(14)12(16)15-8-13(5,17)7-10(3)4/h9-11,17H,6-8,14H2,1-5H3,(H,15,16)/t11-,13?/m1/s1.